The Morgan fingerprint density at radius 3 is 3.14 bits per heavy atom. The lowest BCUT2D eigenvalue weighted by Gasteiger charge is -2.15. The zero-order chi connectivity index (χ0) is 9.97. The number of tetrazole rings is 1. The fourth-order valence-electron chi connectivity index (χ4n) is 1.77. The molecule has 2 atom stereocenters. The number of aryl methyl sites for hydroxylation is 1. The fraction of sp³-hybridized carbons (Fsp3) is 0.875. The summed E-state index contributed by atoms with van der Waals surface area (Å²) in [7, 11) is 1.72. The molecule has 78 valence electrons. The van der Waals surface area contributed by atoms with Gasteiger partial charge in [-0.25, -0.2) is 0 Å². The van der Waals surface area contributed by atoms with E-state index in [0.29, 0.717) is 12.2 Å². The van der Waals surface area contributed by atoms with Crippen molar-refractivity contribution in [2.45, 2.75) is 31.4 Å². The maximum atomic E-state index is 9.83. The van der Waals surface area contributed by atoms with Crippen molar-refractivity contribution >= 4 is 0 Å². The summed E-state index contributed by atoms with van der Waals surface area (Å²) in [5.41, 5.74) is 0. The highest BCUT2D eigenvalue weighted by Crippen LogP contribution is 2.11. The quantitative estimate of drug-likeness (QED) is 0.641. The maximum Gasteiger partial charge on any atom is 0.177 e. The van der Waals surface area contributed by atoms with Gasteiger partial charge in [0, 0.05) is 12.5 Å². The van der Waals surface area contributed by atoms with Crippen LogP contribution in [0, 0.1) is 0 Å². The van der Waals surface area contributed by atoms with E-state index >= 15 is 0 Å². The molecule has 1 aromatic heterocycles. The van der Waals surface area contributed by atoms with Crippen LogP contribution in [-0.4, -0.2) is 44.0 Å². The van der Waals surface area contributed by atoms with Crippen molar-refractivity contribution in [1.29, 1.82) is 0 Å². The predicted molar refractivity (Wildman–Crippen MR) is 49.5 cm³/mol. The predicted octanol–water partition coefficient (Wildman–Crippen LogP) is -1.13. The third-order valence-electron chi connectivity index (χ3n) is 2.50. The van der Waals surface area contributed by atoms with Gasteiger partial charge in [0.2, 0.25) is 0 Å². The smallest absolute Gasteiger partial charge is 0.177 e. The van der Waals surface area contributed by atoms with Crippen LogP contribution in [0.5, 0.6) is 0 Å². The average Bonchev–Trinajstić information content (AvgIpc) is 2.75. The van der Waals surface area contributed by atoms with E-state index in [2.05, 4.69) is 20.7 Å². The molecule has 1 fully saturated rings. The number of aliphatic hydroxyl groups excluding tert-OH is 1. The molecular weight excluding hydrogens is 182 g/mol. The van der Waals surface area contributed by atoms with Gasteiger partial charge in [-0.1, -0.05) is 0 Å². The molecule has 0 spiro atoms. The molecule has 0 bridgehead atoms. The zero-order valence-corrected chi connectivity index (χ0v) is 8.22. The van der Waals surface area contributed by atoms with Crippen LogP contribution >= 0.6 is 0 Å². The first-order valence-electron chi connectivity index (χ1n) is 4.90. The molecule has 14 heavy (non-hydrogen) atoms. The highest BCUT2D eigenvalue weighted by Gasteiger charge is 2.23. The van der Waals surface area contributed by atoms with Crippen LogP contribution in [0.2, 0.25) is 0 Å². The Kier molecular flexibility index (Phi) is 2.74. The Balaban J connectivity index is 1.90. The minimum absolute atomic E-state index is 0.193. The van der Waals surface area contributed by atoms with Crippen LogP contribution in [-0.2, 0) is 13.5 Å². The number of rotatable bonds is 3. The lowest BCUT2D eigenvalue weighted by molar-refractivity contribution is 0.133. The topological polar surface area (TPSA) is 75.9 Å². The molecule has 2 N–H and O–H groups in total. The molecule has 6 nitrogen and oxygen atoms in total. The molecule has 6 heteroatoms. The molecule has 2 rings (SSSR count). The molecule has 0 amide bonds. The SMILES string of the molecule is Cn1nnc(CC(O)C2CCCN2)n1. The zero-order valence-electron chi connectivity index (χ0n) is 8.22. The van der Waals surface area contributed by atoms with E-state index in [4.69, 9.17) is 0 Å². The van der Waals surface area contributed by atoms with Gasteiger partial charge in [-0.05, 0) is 24.6 Å². The van der Waals surface area contributed by atoms with Crippen molar-refractivity contribution in [3.63, 3.8) is 0 Å². The molecule has 2 unspecified atom stereocenters. The third-order valence-corrected chi connectivity index (χ3v) is 2.50. The summed E-state index contributed by atoms with van der Waals surface area (Å²) in [5.74, 6) is 0.605. The number of hydrogen-bond acceptors (Lipinski definition) is 5. The molecule has 0 aromatic carbocycles. The molecule has 1 saturated heterocycles. The molecule has 1 aromatic rings. The number of hydrogen-bond donors (Lipinski definition) is 2. The lowest BCUT2D eigenvalue weighted by Crippen LogP contribution is -2.36. The second-order valence-electron chi connectivity index (χ2n) is 3.67. The van der Waals surface area contributed by atoms with E-state index in [1.807, 2.05) is 0 Å². The molecule has 0 aliphatic carbocycles. The Bertz CT molecular complexity index is 294. The van der Waals surface area contributed by atoms with Crippen LogP contribution in [0.1, 0.15) is 18.7 Å². The van der Waals surface area contributed by atoms with E-state index in [1.165, 1.54) is 4.80 Å². The highest BCUT2D eigenvalue weighted by atomic mass is 16.3. The molecule has 0 radical (unpaired) electrons. The van der Waals surface area contributed by atoms with E-state index in [0.717, 1.165) is 19.4 Å². The lowest BCUT2D eigenvalue weighted by atomic mass is 10.1. The number of aliphatic hydroxyl groups is 1. The van der Waals surface area contributed by atoms with E-state index in [9.17, 15) is 5.11 Å². The Labute approximate surface area is 82.3 Å². The van der Waals surface area contributed by atoms with Crippen molar-refractivity contribution in [3.8, 4) is 0 Å². The van der Waals surface area contributed by atoms with Crippen LogP contribution < -0.4 is 5.32 Å². The van der Waals surface area contributed by atoms with Gasteiger partial charge in [0.1, 0.15) is 0 Å². The summed E-state index contributed by atoms with van der Waals surface area (Å²) in [6.07, 6.45) is 2.24. The molecule has 1 aliphatic heterocycles. The Hall–Kier alpha value is -1.01. The first kappa shape index (κ1) is 9.54. The van der Waals surface area contributed by atoms with Crippen LogP contribution in [0.4, 0.5) is 0 Å². The normalized spacial score (nSPS) is 24.0. The summed E-state index contributed by atoms with van der Waals surface area (Å²) in [6, 6.07) is 0.193. The summed E-state index contributed by atoms with van der Waals surface area (Å²) < 4.78 is 0. The van der Waals surface area contributed by atoms with Gasteiger partial charge in [0.15, 0.2) is 5.82 Å². The van der Waals surface area contributed by atoms with Crippen molar-refractivity contribution in [2.75, 3.05) is 6.54 Å². The van der Waals surface area contributed by atoms with Crippen LogP contribution in [0.25, 0.3) is 0 Å². The highest BCUT2D eigenvalue weighted by molar-refractivity contribution is 4.89. The van der Waals surface area contributed by atoms with Crippen molar-refractivity contribution in [3.05, 3.63) is 5.82 Å². The van der Waals surface area contributed by atoms with Gasteiger partial charge in [0.25, 0.3) is 0 Å². The Morgan fingerprint density at radius 2 is 2.57 bits per heavy atom. The first-order chi connectivity index (χ1) is 6.75. The van der Waals surface area contributed by atoms with Gasteiger partial charge in [-0.2, -0.15) is 4.80 Å². The molecule has 2 heterocycles. The average molecular weight is 197 g/mol. The summed E-state index contributed by atoms with van der Waals surface area (Å²) in [4.78, 5) is 1.41. The van der Waals surface area contributed by atoms with Crippen molar-refractivity contribution < 1.29 is 5.11 Å². The number of nitrogens with one attached hydrogen (secondary N) is 1. The minimum atomic E-state index is -0.401. The first-order valence-corrected chi connectivity index (χ1v) is 4.90. The van der Waals surface area contributed by atoms with Crippen LogP contribution in [0.3, 0.4) is 0 Å². The standard InChI is InChI=1S/C8H15N5O/c1-13-11-8(10-12-13)5-7(14)6-3-2-4-9-6/h6-7,9,14H,2-5H2,1H3. The fourth-order valence-corrected chi connectivity index (χ4v) is 1.77. The number of aromatic nitrogens is 4. The van der Waals surface area contributed by atoms with Gasteiger partial charge in [0.05, 0.1) is 13.2 Å². The molecular formula is C8H15N5O. The monoisotopic (exact) mass is 197 g/mol. The van der Waals surface area contributed by atoms with Crippen LogP contribution in [0.15, 0.2) is 0 Å². The van der Waals surface area contributed by atoms with E-state index in [-0.39, 0.29) is 6.04 Å². The minimum Gasteiger partial charge on any atom is -0.391 e. The van der Waals surface area contributed by atoms with E-state index in [1.54, 1.807) is 7.05 Å². The maximum absolute atomic E-state index is 9.83. The summed E-state index contributed by atoms with van der Waals surface area (Å²) in [5, 5.41) is 24.7. The second-order valence-corrected chi connectivity index (χ2v) is 3.67. The summed E-state index contributed by atoms with van der Waals surface area (Å²) in [6.45, 7) is 0.996. The van der Waals surface area contributed by atoms with E-state index < -0.39 is 6.10 Å². The van der Waals surface area contributed by atoms with Gasteiger partial charge < -0.3 is 10.4 Å². The van der Waals surface area contributed by atoms with Gasteiger partial charge >= 0.3 is 0 Å². The van der Waals surface area contributed by atoms with Gasteiger partial charge in [-0.3, -0.25) is 0 Å². The molecule has 1 aliphatic rings. The van der Waals surface area contributed by atoms with Gasteiger partial charge in [-0.15, -0.1) is 10.2 Å². The largest absolute Gasteiger partial charge is 0.391 e. The van der Waals surface area contributed by atoms with Crippen molar-refractivity contribution in [1.82, 2.24) is 25.5 Å². The third kappa shape index (κ3) is 2.08. The number of nitrogens with zero attached hydrogens (tertiary/aromatic N) is 4. The Morgan fingerprint density at radius 1 is 1.71 bits per heavy atom. The molecule has 0 saturated carbocycles. The summed E-state index contributed by atoms with van der Waals surface area (Å²) >= 11 is 0. The second kappa shape index (κ2) is 4.02. The van der Waals surface area contributed by atoms with Crippen molar-refractivity contribution in [2.24, 2.45) is 7.05 Å².